The maximum absolute atomic E-state index is 12.9. The van der Waals surface area contributed by atoms with Crippen LogP contribution < -0.4 is 0 Å². The molecule has 0 saturated carbocycles. The van der Waals surface area contributed by atoms with Crippen LogP contribution >= 0.6 is 0 Å². The summed E-state index contributed by atoms with van der Waals surface area (Å²) < 4.78 is 5.71. The van der Waals surface area contributed by atoms with Gasteiger partial charge in [-0.3, -0.25) is 14.9 Å². The van der Waals surface area contributed by atoms with Crippen molar-refractivity contribution in [3.63, 3.8) is 0 Å². The highest BCUT2D eigenvalue weighted by Gasteiger charge is 2.33. The maximum atomic E-state index is 12.9. The number of rotatable bonds is 3. The Hall–Kier alpha value is -2.67. The summed E-state index contributed by atoms with van der Waals surface area (Å²) in [5.74, 6) is 0.464. The molecule has 0 aliphatic carbocycles. The van der Waals surface area contributed by atoms with Crippen LogP contribution in [0.3, 0.4) is 0 Å². The van der Waals surface area contributed by atoms with Gasteiger partial charge in [0.05, 0.1) is 10.5 Å². The van der Waals surface area contributed by atoms with Crippen molar-refractivity contribution in [2.24, 2.45) is 0 Å². The quantitative estimate of drug-likeness (QED) is 0.633. The number of carbonyl (C=O) groups excluding carboxylic acids is 1. The number of nitrogens with zero attached hydrogens (tertiary/aromatic N) is 3. The minimum absolute atomic E-state index is 0.0305. The zero-order valence-electron chi connectivity index (χ0n) is 13.8. The Balaban J connectivity index is 1.61. The second-order valence-electron chi connectivity index (χ2n) is 6.51. The number of hydrogen-bond donors (Lipinski definition) is 0. The number of hydrogen-bond acceptors (Lipinski definition) is 5. The molecular formula is C18H19N3O4. The molecule has 1 aromatic carbocycles. The normalized spacial score (nSPS) is 22.6. The van der Waals surface area contributed by atoms with Crippen molar-refractivity contribution in [2.75, 3.05) is 26.2 Å². The molecule has 0 atom stereocenters. The highest BCUT2D eigenvalue weighted by molar-refractivity contribution is 5.92. The van der Waals surface area contributed by atoms with Crippen LogP contribution in [0.1, 0.15) is 23.4 Å². The predicted molar refractivity (Wildman–Crippen MR) is 91.3 cm³/mol. The molecule has 5 rings (SSSR count). The van der Waals surface area contributed by atoms with Crippen molar-refractivity contribution < 1.29 is 14.1 Å². The van der Waals surface area contributed by atoms with Gasteiger partial charge in [0.1, 0.15) is 5.76 Å². The molecular weight excluding hydrogens is 322 g/mol. The molecule has 0 N–H and O–H groups in total. The topological polar surface area (TPSA) is 79.8 Å². The molecule has 2 aromatic rings. The summed E-state index contributed by atoms with van der Waals surface area (Å²) in [6.07, 6.45) is 1.98. The standard InChI is InChI=1S/C18H19N3O4/c22-18(20-12-11-19-9-7-13(20)8-10-19)17-6-5-16(25-17)14-3-1-2-4-15(14)21(23)24/h1-6,13H,7-12H2. The van der Waals surface area contributed by atoms with Crippen molar-refractivity contribution in [2.45, 2.75) is 18.9 Å². The van der Waals surface area contributed by atoms with E-state index in [0.717, 1.165) is 32.5 Å². The number of nitro benzene ring substituents is 1. The van der Waals surface area contributed by atoms with Gasteiger partial charge in [0, 0.05) is 38.3 Å². The van der Waals surface area contributed by atoms with Crippen LogP contribution in [-0.4, -0.2) is 52.9 Å². The molecule has 3 saturated heterocycles. The lowest BCUT2D eigenvalue weighted by atomic mass is 10.1. The molecule has 0 unspecified atom stereocenters. The zero-order valence-corrected chi connectivity index (χ0v) is 13.8. The van der Waals surface area contributed by atoms with Gasteiger partial charge in [-0.2, -0.15) is 0 Å². The van der Waals surface area contributed by atoms with Gasteiger partial charge in [0.15, 0.2) is 5.76 Å². The second kappa shape index (κ2) is 6.33. The van der Waals surface area contributed by atoms with E-state index in [1.165, 1.54) is 6.07 Å². The summed E-state index contributed by atoms with van der Waals surface area (Å²) in [6.45, 7) is 3.66. The molecule has 3 aliphatic rings. The third kappa shape index (κ3) is 2.91. The van der Waals surface area contributed by atoms with Crippen molar-refractivity contribution in [1.29, 1.82) is 0 Å². The summed E-state index contributed by atoms with van der Waals surface area (Å²) in [7, 11) is 0. The highest BCUT2D eigenvalue weighted by Crippen LogP contribution is 2.32. The minimum Gasteiger partial charge on any atom is -0.451 e. The number of benzene rings is 1. The summed E-state index contributed by atoms with van der Waals surface area (Å²) in [5.41, 5.74) is 0.353. The fraction of sp³-hybridized carbons (Fsp3) is 0.389. The Labute approximate surface area is 145 Å². The number of fused-ring (bicyclic) bond motifs is 4. The molecule has 130 valence electrons. The van der Waals surface area contributed by atoms with E-state index in [1.807, 2.05) is 4.90 Å². The Morgan fingerprint density at radius 1 is 1.08 bits per heavy atom. The zero-order chi connectivity index (χ0) is 17.4. The number of para-hydroxylation sites is 1. The van der Waals surface area contributed by atoms with E-state index in [1.54, 1.807) is 30.3 Å². The van der Waals surface area contributed by atoms with Gasteiger partial charge >= 0.3 is 0 Å². The first-order chi connectivity index (χ1) is 12.1. The van der Waals surface area contributed by atoms with Crippen molar-refractivity contribution in [3.8, 4) is 11.3 Å². The molecule has 7 heteroatoms. The van der Waals surface area contributed by atoms with E-state index in [-0.39, 0.29) is 23.4 Å². The van der Waals surface area contributed by atoms with Crippen molar-refractivity contribution in [1.82, 2.24) is 9.80 Å². The van der Waals surface area contributed by atoms with Crippen LogP contribution in [0.25, 0.3) is 11.3 Å². The molecule has 3 aliphatic heterocycles. The molecule has 7 nitrogen and oxygen atoms in total. The molecule has 4 heterocycles. The van der Waals surface area contributed by atoms with Crippen LogP contribution in [0.4, 0.5) is 5.69 Å². The lowest BCUT2D eigenvalue weighted by molar-refractivity contribution is -0.384. The lowest BCUT2D eigenvalue weighted by Crippen LogP contribution is -2.41. The van der Waals surface area contributed by atoms with E-state index in [4.69, 9.17) is 4.42 Å². The summed E-state index contributed by atoms with van der Waals surface area (Å²) in [4.78, 5) is 27.9. The van der Waals surface area contributed by atoms with Gasteiger partial charge in [-0.1, -0.05) is 12.1 Å². The van der Waals surface area contributed by atoms with Gasteiger partial charge in [-0.15, -0.1) is 0 Å². The first-order valence-corrected chi connectivity index (χ1v) is 8.50. The van der Waals surface area contributed by atoms with Crippen molar-refractivity contribution >= 4 is 11.6 Å². The SMILES string of the molecule is O=C(c1ccc(-c2ccccc2[N+](=O)[O-])o1)N1CCN2CCC1CC2. The van der Waals surface area contributed by atoms with E-state index in [0.29, 0.717) is 17.9 Å². The Bertz CT molecular complexity index is 808. The van der Waals surface area contributed by atoms with Crippen LogP contribution in [0.15, 0.2) is 40.8 Å². The molecule has 25 heavy (non-hydrogen) atoms. The van der Waals surface area contributed by atoms with Crippen LogP contribution in [-0.2, 0) is 0 Å². The summed E-state index contributed by atoms with van der Waals surface area (Å²) in [5, 5.41) is 11.2. The number of furan rings is 1. The monoisotopic (exact) mass is 341 g/mol. The fourth-order valence-electron chi connectivity index (χ4n) is 3.73. The van der Waals surface area contributed by atoms with Crippen molar-refractivity contribution in [3.05, 3.63) is 52.3 Å². The molecule has 2 bridgehead atoms. The average molecular weight is 341 g/mol. The first kappa shape index (κ1) is 15.8. The first-order valence-electron chi connectivity index (χ1n) is 8.50. The molecule has 1 aromatic heterocycles. The lowest BCUT2D eigenvalue weighted by Gasteiger charge is -2.30. The Kier molecular flexibility index (Phi) is 4.01. The molecule has 0 spiro atoms. The number of piperidine rings is 1. The Morgan fingerprint density at radius 2 is 1.84 bits per heavy atom. The van der Waals surface area contributed by atoms with Gasteiger partial charge in [-0.25, -0.2) is 0 Å². The van der Waals surface area contributed by atoms with E-state index < -0.39 is 4.92 Å². The highest BCUT2D eigenvalue weighted by atomic mass is 16.6. The fourth-order valence-corrected chi connectivity index (χ4v) is 3.73. The summed E-state index contributed by atoms with van der Waals surface area (Å²) >= 11 is 0. The van der Waals surface area contributed by atoms with E-state index >= 15 is 0 Å². The number of amides is 1. The van der Waals surface area contributed by atoms with Crippen LogP contribution in [0, 0.1) is 10.1 Å². The van der Waals surface area contributed by atoms with Gasteiger partial charge in [0.2, 0.25) is 0 Å². The largest absolute Gasteiger partial charge is 0.451 e. The van der Waals surface area contributed by atoms with Gasteiger partial charge < -0.3 is 14.2 Å². The van der Waals surface area contributed by atoms with Gasteiger partial charge in [0.25, 0.3) is 11.6 Å². The number of nitro groups is 1. The predicted octanol–water partition coefficient (Wildman–Crippen LogP) is 2.78. The van der Waals surface area contributed by atoms with Crippen LogP contribution in [0.2, 0.25) is 0 Å². The third-order valence-corrected chi connectivity index (χ3v) is 5.10. The molecule has 0 radical (unpaired) electrons. The molecule has 3 fully saturated rings. The second-order valence-corrected chi connectivity index (χ2v) is 6.51. The van der Waals surface area contributed by atoms with E-state index in [2.05, 4.69) is 4.90 Å². The smallest absolute Gasteiger partial charge is 0.289 e. The minimum atomic E-state index is -0.443. The third-order valence-electron chi connectivity index (χ3n) is 5.10. The average Bonchev–Trinajstić information content (AvgIpc) is 2.94. The van der Waals surface area contributed by atoms with E-state index in [9.17, 15) is 14.9 Å². The number of carbonyl (C=O) groups is 1. The maximum Gasteiger partial charge on any atom is 0.289 e. The molecule has 1 amide bonds. The Morgan fingerprint density at radius 3 is 2.60 bits per heavy atom. The van der Waals surface area contributed by atoms with Crippen LogP contribution in [0.5, 0.6) is 0 Å². The summed E-state index contributed by atoms with van der Waals surface area (Å²) in [6, 6.07) is 9.90. The van der Waals surface area contributed by atoms with Gasteiger partial charge in [-0.05, 0) is 31.0 Å².